The average molecular weight is 396 g/mol. The molecule has 2 aromatic heterocycles. The highest BCUT2D eigenvalue weighted by atomic mass is 19.4. The first-order valence-corrected chi connectivity index (χ1v) is 9.40. The molecule has 10 heteroatoms. The Morgan fingerprint density at radius 3 is 2.43 bits per heavy atom. The number of hydrogen-bond donors (Lipinski definition) is 0. The summed E-state index contributed by atoms with van der Waals surface area (Å²) in [6, 6.07) is 2.39. The number of aromatic nitrogens is 3. The Balaban J connectivity index is 1.44. The number of hydrogen-bond acceptors (Lipinski definition) is 5. The van der Waals surface area contributed by atoms with Crippen molar-refractivity contribution < 1.29 is 27.4 Å². The molecule has 0 atom stereocenters. The van der Waals surface area contributed by atoms with Gasteiger partial charge in [-0.15, -0.1) is 0 Å². The zero-order valence-electron chi connectivity index (χ0n) is 15.0. The molecule has 5 rings (SSSR count). The minimum absolute atomic E-state index is 0.0323. The molecule has 1 aliphatic carbocycles. The lowest BCUT2D eigenvalue weighted by atomic mass is 10.0. The summed E-state index contributed by atoms with van der Waals surface area (Å²) in [6.45, 7) is 1.88. The molecule has 1 amide bonds. The number of alkyl halides is 3. The fourth-order valence-corrected chi connectivity index (χ4v) is 3.89. The summed E-state index contributed by atoms with van der Waals surface area (Å²) in [5, 5.41) is 3.94. The van der Waals surface area contributed by atoms with E-state index in [0.717, 1.165) is 23.4 Å². The third-order valence-electron chi connectivity index (χ3n) is 5.58. The van der Waals surface area contributed by atoms with Gasteiger partial charge in [0.25, 0.3) is 5.91 Å². The number of likely N-dealkylation sites (tertiary alicyclic amines) is 1. The maximum absolute atomic E-state index is 13.5. The van der Waals surface area contributed by atoms with Crippen LogP contribution in [0.15, 0.2) is 12.1 Å². The number of amides is 1. The van der Waals surface area contributed by atoms with Crippen LogP contribution in [-0.4, -0.2) is 57.5 Å². The second-order valence-electron chi connectivity index (χ2n) is 7.54. The van der Waals surface area contributed by atoms with Crippen molar-refractivity contribution in [2.24, 2.45) is 0 Å². The zero-order chi connectivity index (χ0) is 19.5. The van der Waals surface area contributed by atoms with Gasteiger partial charge in [-0.25, -0.2) is 9.50 Å². The third-order valence-corrected chi connectivity index (χ3v) is 5.58. The summed E-state index contributed by atoms with van der Waals surface area (Å²) >= 11 is 0. The van der Waals surface area contributed by atoms with Gasteiger partial charge in [0.2, 0.25) is 0 Å². The molecule has 2 aliphatic heterocycles. The lowest BCUT2D eigenvalue weighted by Gasteiger charge is -2.37. The standard InChI is InChI=1S/C18H19F3N4O3/c19-18(20,21)14-9-12(11-1-2-11)22-15-10-13(23-25(14)15)16(26)24-5-3-17(4-6-24)27-7-8-28-17/h9-11H,1-8H2. The molecule has 0 unspecified atom stereocenters. The number of halogens is 3. The zero-order valence-corrected chi connectivity index (χ0v) is 15.0. The van der Waals surface area contributed by atoms with Crippen molar-refractivity contribution in [2.45, 2.75) is 43.6 Å². The molecule has 0 bridgehead atoms. The lowest BCUT2D eigenvalue weighted by molar-refractivity contribution is -0.181. The molecule has 0 N–H and O–H groups in total. The van der Waals surface area contributed by atoms with Gasteiger partial charge in [-0.1, -0.05) is 0 Å². The van der Waals surface area contributed by atoms with E-state index in [2.05, 4.69) is 10.1 Å². The third kappa shape index (κ3) is 3.04. The summed E-state index contributed by atoms with van der Waals surface area (Å²) < 4.78 is 52.5. The molecule has 150 valence electrons. The first-order valence-electron chi connectivity index (χ1n) is 9.40. The summed E-state index contributed by atoms with van der Waals surface area (Å²) in [6.07, 6.45) is -1.85. The van der Waals surface area contributed by atoms with Crippen LogP contribution in [0.25, 0.3) is 5.65 Å². The molecule has 2 aromatic rings. The number of piperidine rings is 1. The van der Waals surface area contributed by atoms with E-state index in [9.17, 15) is 18.0 Å². The van der Waals surface area contributed by atoms with Crippen molar-refractivity contribution in [3.05, 3.63) is 29.2 Å². The summed E-state index contributed by atoms with van der Waals surface area (Å²) in [4.78, 5) is 18.7. The Kier molecular flexibility index (Phi) is 3.92. The SMILES string of the molecule is O=C(c1cc2nc(C3CC3)cc(C(F)(F)F)n2n1)N1CCC2(CC1)OCCO2. The highest BCUT2D eigenvalue weighted by Gasteiger charge is 2.42. The second kappa shape index (κ2) is 6.15. The van der Waals surface area contributed by atoms with Crippen LogP contribution < -0.4 is 0 Å². The quantitative estimate of drug-likeness (QED) is 0.781. The van der Waals surface area contributed by atoms with Gasteiger partial charge in [0, 0.05) is 43.6 Å². The van der Waals surface area contributed by atoms with Crippen LogP contribution in [0.5, 0.6) is 0 Å². The molecule has 3 aliphatic rings. The first kappa shape index (κ1) is 17.9. The normalized spacial score (nSPS) is 22.3. The Bertz CT molecular complexity index is 922. The molecular weight excluding hydrogens is 377 g/mol. The number of nitrogens with zero attached hydrogens (tertiary/aromatic N) is 4. The highest BCUT2D eigenvalue weighted by Crippen LogP contribution is 2.41. The van der Waals surface area contributed by atoms with E-state index in [-0.39, 0.29) is 17.3 Å². The van der Waals surface area contributed by atoms with Crippen molar-refractivity contribution in [3.8, 4) is 0 Å². The minimum atomic E-state index is -4.58. The van der Waals surface area contributed by atoms with Crippen molar-refractivity contribution in [2.75, 3.05) is 26.3 Å². The van der Waals surface area contributed by atoms with Crippen molar-refractivity contribution in [1.29, 1.82) is 0 Å². The second-order valence-corrected chi connectivity index (χ2v) is 7.54. The van der Waals surface area contributed by atoms with Crippen molar-refractivity contribution >= 4 is 11.6 Å². The van der Waals surface area contributed by atoms with Crippen LogP contribution in [-0.2, 0) is 15.7 Å². The maximum atomic E-state index is 13.5. The average Bonchev–Trinajstić information content (AvgIpc) is 3.27. The number of carbonyl (C=O) groups is 1. The predicted molar refractivity (Wildman–Crippen MR) is 89.7 cm³/mol. The molecular formula is C18H19F3N4O3. The van der Waals surface area contributed by atoms with E-state index in [1.165, 1.54) is 6.07 Å². The van der Waals surface area contributed by atoms with Gasteiger partial charge in [0.05, 0.1) is 13.2 Å². The Morgan fingerprint density at radius 1 is 1.14 bits per heavy atom. The fourth-order valence-electron chi connectivity index (χ4n) is 3.89. The molecule has 3 fully saturated rings. The molecule has 1 spiro atoms. The van der Waals surface area contributed by atoms with E-state index in [1.54, 1.807) is 4.90 Å². The van der Waals surface area contributed by atoms with E-state index >= 15 is 0 Å². The number of carbonyl (C=O) groups excluding carboxylic acids is 1. The van der Waals surface area contributed by atoms with E-state index in [4.69, 9.17) is 9.47 Å². The Labute approximate surface area is 158 Å². The minimum Gasteiger partial charge on any atom is -0.347 e. The highest BCUT2D eigenvalue weighted by molar-refractivity contribution is 5.93. The molecule has 28 heavy (non-hydrogen) atoms. The summed E-state index contributed by atoms with van der Waals surface area (Å²) in [5.41, 5.74) is -0.468. The summed E-state index contributed by atoms with van der Waals surface area (Å²) in [7, 11) is 0. The number of ether oxygens (including phenoxy) is 2. The molecule has 7 nitrogen and oxygen atoms in total. The summed E-state index contributed by atoms with van der Waals surface area (Å²) in [5.74, 6) is -0.968. The van der Waals surface area contributed by atoms with Crippen LogP contribution in [0.4, 0.5) is 13.2 Å². The van der Waals surface area contributed by atoms with Crippen LogP contribution in [0, 0.1) is 0 Å². The van der Waals surface area contributed by atoms with E-state index < -0.39 is 23.6 Å². The van der Waals surface area contributed by atoms with Gasteiger partial charge < -0.3 is 14.4 Å². The Morgan fingerprint density at radius 2 is 1.82 bits per heavy atom. The number of fused-ring (bicyclic) bond motifs is 1. The van der Waals surface area contributed by atoms with Gasteiger partial charge in [-0.2, -0.15) is 18.3 Å². The van der Waals surface area contributed by atoms with Gasteiger partial charge >= 0.3 is 6.18 Å². The van der Waals surface area contributed by atoms with E-state index in [0.29, 0.717) is 44.8 Å². The molecule has 0 radical (unpaired) electrons. The van der Waals surface area contributed by atoms with E-state index in [1.807, 2.05) is 0 Å². The largest absolute Gasteiger partial charge is 0.433 e. The predicted octanol–water partition coefficient (Wildman–Crippen LogP) is 2.60. The monoisotopic (exact) mass is 396 g/mol. The number of rotatable bonds is 2. The van der Waals surface area contributed by atoms with Crippen LogP contribution in [0.1, 0.15) is 53.5 Å². The smallest absolute Gasteiger partial charge is 0.347 e. The Hall–Kier alpha value is -2.20. The van der Waals surface area contributed by atoms with Gasteiger partial charge in [-0.05, 0) is 18.9 Å². The maximum Gasteiger partial charge on any atom is 0.433 e. The van der Waals surface area contributed by atoms with Crippen molar-refractivity contribution in [1.82, 2.24) is 19.5 Å². The molecule has 1 saturated carbocycles. The van der Waals surface area contributed by atoms with Crippen LogP contribution >= 0.6 is 0 Å². The van der Waals surface area contributed by atoms with Gasteiger partial charge in [0.1, 0.15) is 5.69 Å². The molecule has 4 heterocycles. The van der Waals surface area contributed by atoms with Crippen LogP contribution in [0.2, 0.25) is 0 Å². The topological polar surface area (TPSA) is 69.0 Å². The van der Waals surface area contributed by atoms with Gasteiger partial charge in [-0.3, -0.25) is 4.79 Å². The molecule has 2 saturated heterocycles. The first-order chi connectivity index (χ1) is 13.3. The van der Waals surface area contributed by atoms with Gasteiger partial charge in [0.15, 0.2) is 17.1 Å². The lowest BCUT2D eigenvalue weighted by Crippen LogP contribution is -2.47. The van der Waals surface area contributed by atoms with Crippen molar-refractivity contribution in [3.63, 3.8) is 0 Å². The van der Waals surface area contributed by atoms with Crippen LogP contribution in [0.3, 0.4) is 0 Å². The fraction of sp³-hybridized carbons (Fsp3) is 0.611. The molecule has 0 aromatic carbocycles.